The van der Waals surface area contributed by atoms with Crippen LogP contribution in [-0.2, 0) is 4.79 Å². The Morgan fingerprint density at radius 1 is 1.62 bits per heavy atom. The number of hydrogen-bond acceptors (Lipinski definition) is 4. The summed E-state index contributed by atoms with van der Waals surface area (Å²) in [5.74, 6) is -0.0767. The van der Waals surface area contributed by atoms with E-state index in [4.69, 9.17) is 0 Å². The van der Waals surface area contributed by atoms with Gasteiger partial charge in [-0.2, -0.15) is 5.10 Å². The zero-order valence-corrected chi connectivity index (χ0v) is 10.8. The Morgan fingerprint density at radius 2 is 2.25 bits per heavy atom. The van der Waals surface area contributed by atoms with Crippen LogP contribution in [0.3, 0.4) is 0 Å². The van der Waals surface area contributed by atoms with Crippen LogP contribution in [0.5, 0.6) is 0 Å². The lowest BCUT2D eigenvalue weighted by molar-refractivity contribution is -0.129. The molecule has 0 saturated carbocycles. The minimum atomic E-state index is -0.421. The summed E-state index contributed by atoms with van der Waals surface area (Å²) in [5, 5.41) is 8.84. The largest absolute Gasteiger partial charge is 0.372 e. The van der Waals surface area contributed by atoms with Gasteiger partial charge >= 0.3 is 0 Å². The van der Waals surface area contributed by atoms with E-state index >= 15 is 0 Å². The Kier molecular flexibility index (Phi) is 4.05. The Labute approximate surface area is 101 Å². The molecular formula is C9H13BrN4O2. The molecule has 1 amide bonds. The minimum absolute atomic E-state index is 0.0767. The fraction of sp³-hybridized carbons (Fsp3) is 0.444. The van der Waals surface area contributed by atoms with Gasteiger partial charge < -0.3 is 10.2 Å². The first-order valence-electron chi connectivity index (χ1n) is 4.64. The summed E-state index contributed by atoms with van der Waals surface area (Å²) in [6.45, 7) is 1.72. The molecule has 1 atom stereocenters. The van der Waals surface area contributed by atoms with Gasteiger partial charge in [-0.25, -0.2) is 5.10 Å². The predicted octanol–water partition coefficient (Wildman–Crippen LogP) is 0.421. The van der Waals surface area contributed by atoms with Crippen LogP contribution in [0.15, 0.2) is 15.5 Å². The molecule has 0 radical (unpaired) electrons. The molecule has 0 aromatic carbocycles. The van der Waals surface area contributed by atoms with E-state index in [1.54, 1.807) is 21.0 Å². The van der Waals surface area contributed by atoms with Gasteiger partial charge in [0, 0.05) is 14.1 Å². The van der Waals surface area contributed by atoms with E-state index in [-0.39, 0.29) is 11.5 Å². The molecule has 2 N–H and O–H groups in total. The fourth-order valence-corrected chi connectivity index (χ4v) is 1.47. The lowest BCUT2D eigenvalue weighted by Crippen LogP contribution is -2.37. The van der Waals surface area contributed by atoms with Crippen LogP contribution >= 0.6 is 15.9 Å². The number of halogens is 1. The van der Waals surface area contributed by atoms with Gasteiger partial charge in [-0.05, 0) is 22.9 Å². The molecular weight excluding hydrogens is 276 g/mol. The molecule has 1 rings (SSSR count). The molecule has 1 aromatic heterocycles. The first kappa shape index (κ1) is 12.7. The summed E-state index contributed by atoms with van der Waals surface area (Å²) in [5.41, 5.74) is 0.154. The molecule has 0 aliphatic carbocycles. The third-order valence-corrected chi connectivity index (χ3v) is 2.77. The number of carbonyl (C=O) groups excluding carboxylic acids is 1. The molecule has 0 aliphatic heterocycles. The Morgan fingerprint density at radius 3 is 2.81 bits per heavy atom. The van der Waals surface area contributed by atoms with Gasteiger partial charge in [0.25, 0.3) is 5.56 Å². The molecule has 0 aliphatic rings. The zero-order chi connectivity index (χ0) is 12.3. The summed E-state index contributed by atoms with van der Waals surface area (Å²) in [4.78, 5) is 24.3. The summed E-state index contributed by atoms with van der Waals surface area (Å²) in [6.07, 6.45) is 1.45. The summed E-state index contributed by atoms with van der Waals surface area (Å²) < 4.78 is 0.334. The van der Waals surface area contributed by atoms with Gasteiger partial charge in [0.05, 0.1) is 11.9 Å². The van der Waals surface area contributed by atoms with Crippen molar-refractivity contribution in [3.05, 3.63) is 21.0 Å². The van der Waals surface area contributed by atoms with Crippen molar-refractivity contribution in [3.8, 4) is 0 Å². The Balaban J connectivity index is 2.85. The van der Waals surface area contributed by atoms with Gasteiger partial charge in [-0.1, -0.05) is 0 Å². The maximum Gasteiger partial charge on any atom is 0.280 e. The van der Waals surface area contributed by atoms with Crippen LogP contribution in [0.1, 0.15) is 6.92 Å². The summed E-state index contributed by atoms with van der Waals surface area (Å²) in [7, 11) is 3.34. The van der Waals surface area contributed by atoms with Crippen LogP contribution in [0.4, 0.5) is 5.69 Å². The molecule has 0 spiro atoms. The predicted molar refractivity (Wildman–Crippen MR) is 64.3 cm³/mol. The van der Waals surface area contributed by atoms with Gasteiger partial charge in [0.2, 0.25) is 5.91 Å². The highest BCUT2D eigenvalue weighted by atomic mass is 79.9. The number of nitrogens with zero attached hydrogens (tertiary/aromatic N) is 2. The van der Waals surface area contributed by atoms with Gasteiger partial charge in [-0.15, -0.1) is 0 Å². The summed E-state index contributed by atoms with van der Waals surface area (Å²) >= 11 is 3.12. The van der Waals surface area contributed by atoms with E-state index in [1.165, 1.54) is 11.1 Å². The maximum atomic E-state index is 11.6. The lowest BCUT2D eigenvalue weighted by Gasteiger charge is -2.19. The average Bonchev–Trinajstić information content (AvgIpc) is 2.23. The van der Waals surface area contributed by atoms with E-state index in [2.05, 4.69) is 31.4 Å². The second kappa shape index (κ2) is 5.11. The Hall–Kier alpha value is -1.37. The first-order chi connectivity index (χ1) is 7.43. The quantitative estimate of drug-likeness (QED) is 0.845. The smallest absolute Gasteiger partial charge is 0.280 e. The average molecular weight is 289 g/mol. The molecule has 88 valence electrons. The van der Waals surface area contributed by atoms with Crippen LogP contribution in [-0.4, -0.2) is 41.1 Å². The number of hydrogen-bond donors (Lipinski definition) is 2. The van der Waals surface area contributed by atoms with Crippen molar-refractivity contribution >= 4 is 27.5 Å². The number of nitrogens with one attached hydrogen (secondary N) is 2. The normalized spacial score (nSPS) is 12.0. The van der Waals surface area contributed by atoms with E-state index in [9.17, 15) is 9.59 Å². The third kappa shape index (κ3) is 2.82. The van der Waals surface area contributed by atoms with Crippen LogP contribution in [0.2, 0.25) is 0 Å². The topological polar surface area (TPSA) is 78.1 Å². The Bertz CT molecular complexity index is 443. The molecule has 16 heavy (non-hydrogen) atoms. The number of H-pyrrole nitrogens is 1. The van der Waals surface area contributed by atoms with Crippen molar-refractivity contribution < 1.29 is 4.79 Å². The van der Waals surface area contributed by atoms with Crippen LogP contribution < -0.4 is 10.9 Å². The third-order valence-electron chi connectivity index (χ3n) is 1.98. The van der Waals surface area contributed by atoms with Crippen LogP contribution in [0.25, 0.3) is 0 Å². The number of aromatic nitrogens is 2. The zero-order valence-electron chi connectivity index (χ0n) is 9.24. The lowest BCUT2D eigenvalue weighted by atomic mass is 10.3. The second-order valence-electron chi connectivity index (χ2n) is 3.53. The van der Waals surface area contributed by atoms with Crippen molar-refractivity contribution in [1.82, 2.24) is 15.1 Å². The second-order valence-corrected chi connectivity index (χ2v) is 4.32. The van der Waals surface area contributed by atoms with Crippen molar-refractivity contribution in [2.24, 2.45) is 0 Å². The monoisotopic (exact) mass is 288 g/mol. The molecule has 1 aromatic rings. The van der Waals surface area contributed by atoms with Gasteiger partial charge in [0.15, 0.2) is 0 Å². The minimum Gasteiger partial charge on any atom is -0.372 e. The molecule has 7 heteroatoms. The number of amides is 1. The SMILES string of the molecule is CC(Nc1cn[nH]c(=O)c1Br)C(=O)N(C)C. The summed E-state index contributed by atoms with van der Waals surface area (Å²) in [6, 6.07) is -0.421. The number of likely N-dealkylation sites (N-methyl/N-ethyl adjacent to an activating group) is 1. The number of aromatic amines is 1. The van der Waals surface area contributed by atoms with Crippen molar-refractivity contribution in [2.75, 3.05) is 19.4 Å². The molecule has 0 saturated heterocycles. The first-order valence-corrected chi connectivity index (χ1v) is 5.43. The van der Waals surface area contributed by atoms with Crippen molar-refractivity contribution in [1.29, 1.82) is 0 Å². The number of anilines is 1. The highest BCUT2D eigenvalue weighted by molar-refractivity contribution is 9.10. The molecule has 1 heterocycles. The molecule has 6 nitrogen and oxygen atoms in total. The van der Waals surface area contributed by atoms with Crippen molar-refractivity contribution in [2.45, 2.75) is 13.0 Å². The van der Waals surface area contributed by atoms with E-state index in [0.717, 1.165) is 0 Å². The number of rotatable bonds is 3. The van der Waals surface area contributed by atoms with E-state index in [0.29, 0.717) is 10.2 Å². The fourth-order valence-electron chi connectivity index (χ4n) is 1.17. The van der Waals surface area contributed by atoms with Gasteiger partial charge in [-0.3, -0.25) is 9.59 Å². The van der Waals surface area contributed by atoms with Crippen molar-refractivity contribution in [3.63, 3.8) is 0 Å². The highest BCUT2D eigenvalue weighted by Crippen LogP contribution is 2.16. The maximum absolute atomic E-state index is 11.6. The standard InChI is InChI=1S/C9H13BrN4O2/c1-5(9(16)14(2)3)12-6-4-11-13-8(15)7(6)10/h4-5H,1-3H3,(H2,12,13,15). The van der Waals surface area contributed by atoms with E-state index < -0.39 is 6.04 Å². The van der Waals surface area contributed by atoms with Gasteiger partial charge in [0.1, 0.15) is 10.5 Å². The molecule has 1 unspecified atom stereocenters. The molecule has 0 bridgehead atoms. The number of carbonyl (C=O) groups is 1. The van der Waals surface area contributed by atoms with Crippen LogP contribution in [0, 0.1) is 0 Å². The molecule has 0 fully saturated rings. The highest BCUT2D eigenvalue weighted by Gasteiger charge is 2.16. The van der Waals surface area contributed by atoms with E-state index in [1.807, 2.05) is 0 Å².